The molecule has 2 bridgehead atoms. The van der Waals surface area contributed by atoms with E-state index in [1.807, 2.05) is 18.2 Å². The minimum atomic E-state index is -0.105. The molecule has 4 aliphatic rings. The first-order valence-electron chi connectivity index (χ1n) is 11.4. The number of rotatable bonds is 4. The highest BCUT2D eigenvalue weighted by molar-refractivity contribution is 7.15. The normalized spacial score (nSPS) is 26.6. The van der Waals surface area contributed by atoms with E-state index in [4.69, 9.17) is 9.72 Å². The number of nitrogens with one attached hydrogen (secondary N) is 2. The van der Waals surface area contributed by atoms with Gasteiger partial charge >= 0.3 is 0 Å². The van der Waals surface area contributed by atoms with Crippen LogP contribution < -0.4 is 10.1 Å². The van der Waals surface area contributed by atoms with Crippen LogP contribution in [-0.4, -0.2) is 28.0 Å². The number of hydrogen-bond acceptors (Lipinski definition) is 3. The fraction of sp³-hybridized carbons (Fsp3) is 0.440. The van der Waals surface area contributed by atoms with Crippen LogP contribution in [0.3, 0.4) is 0 Å². The van der Waals surface area contributed by atoms with E-state index in [0.29, 0.717) is 0 Å². The molecular formula is C25H28N3O2P. The molecular weight excluding hydrogens is 405 g/mol. The Kier molecular flexibility index (Phi) is 4.40. The van der Waals surface area contributed by atoms with Crippen LogP contribution in [0.2, 0.25) is 0 Å². The van der Waals surface area contributed by atoms with Crippen LogP contribution in [0.15, 0.2) is 36.4 Å². The second-order valence-corrected chi connectivity index (χ2v) is 10.0. The Morgan fingerprint density at radius 3 is 2.94 bits per heavy atom. The van der Waals surface area contributed by atoms with Gasteiger partial charge < -0.3 is 15.0 Å². The molecule has 7 rings (SSSR count). The first kappa shape index (κ1) is 19.3. The van der Waals surface area contributed by atoms with Crippen molar-refractivity contribution in [1.82, 2.24) is 15.3 Å². The maximum atomic E-state index is 13.1. The van der Waals surface area contributed by atoms with Gasteiger partial charge in [-0.3, -0.25) is 4.79 Å². The summed E-state index contributed by atoms with van der Waals surface area (Å²) in [5.41, 5.74) is 5.30. The third-order valence-electron chi connectivity index (χ3n) is 7.50. The lowest BCUT2D eigenvalue weighted by molar-refractivity contribution is 0.00533. The predicted molar refractivity (Wildman–Crippen MR) is 125 cm³/mol. The van der Waals surface area contributed by atoms with Gasteiger partial charge in [0.15, 0.2) is 0 Å². The van der Waals surface area contributed by atoms with Gasteiger partial charge in [-0.2, -0.15) is 0 Å². The van der Waals surface area contributed by atoms with Gasteiger partial charge in [0.25, 0.3) is 5.91 Å². The number of H-pyrrole nitrogens is 1. The van der Waals surface area contributed by atoms with Crippen molar-refractivity contribution in [3.63, 3.8) is 0 Å². The molecule has 2 heterocycles. The summed E-state index contributed by atoms with van der Waals surface area (Å²) in [6.45, 7) is 0.768. The van der Waals surface area contributed by atoms with Crippen LogP contribution in [0.4, 0.5) is 0 Å². The average Bonchev–Trinajstić information content (AvgIpc) is 3.22. The number of aryl methyl sites for hydroxylation is 1. The molecule has 1 aliphatic heterocycles. The number of amides is 1. The molecule has 3 saturated carbocycles. The van der Waals surface area contributed by atoms with Gasteiger partial charge in [-0.15, -0.1) is 9.24 Å². The Labute approximate surface area is 184 Å². The highest BCUT2D eigenvalue weighted by atomic mass is 31.0. The molecule has 3 aliphatic carbocycles. The Balaban J connectivity index is 1.22. The van der Waals surface area contributed by atoms with Crippen molar-refractivity contribution in [2.75, 3.05) is 6.61 Å². The monoisotopic (exact) mass is 433 g/mol. The topological polar surface area (TPSA) is 67.0 Å². The molecule has 5 nitrogen and oxygen atoms in total. The molecule has 3 aromatic rings. The molecule has 0 radical (unpaired) electrons. The SMILES string of the molecule is O=C(NC12CCCC(c3nc4ccc(CP)cc4[nH]3)(C1)C2)c1ccc2c(c1)CCCO2. The summed E-state index contributed by atoms with van der Waals surface area (Å²) in [7, 11) is 2.78. The molecule has 1 unspecified atom stereocenters. The number of imidazole rings is 1. The smallest absolute Gasteiger partial charge is 0.251 e. The fourth-order valence-corrected chi connectivity index (χ4v) is 6.30. The van der Waals surface area contributed by atoms with Gasteiger partial charge in [0.05, 0.1) is 17.6 Å². The molecule has 2 N–H and O–H groups in total. The molecule has 160 valence electrons. The zero-order valence-electron chi connectivity index (χ0n) is 17.7. The minimum Gasteiger partial charge on any atom is -0.493 e. The Hall–Kier alpha value is -2.39. The summed E-state index contributed by atoms with van der Waals surface area (Å²) in [6.07, 6.45) is 8.18. The number of ether oxygens (including phenoxy) is 1. The van der Waals surface area contributed by atoms with Gasteiger partial charge in [0, 0.05) is 16.5 Å². The summed E-state index contributed by atoms with van der Waals surface area (Å²) in [4.78, 5) is 21.7. The van der Waals surface area contributed by atoms with E-state index in [1.54, 1.807) is 0 Å². The van der Waals surface area contributed by atoms with Crippen LogP contribution in [-0.2, 0) is 18.0 Å². The minimum absolute atomic E-state index is 0.0403. The number of carbonyl (C=O) groups excluding carboxylic acids is 1. The molecule has 2 aromatic carbocycles. The van der Waals surface area contributed by atoms with Gasteiger partial charge in [-0.25, -0.2) is 4.98 Å². The molecule has 1 aromatic heterocycles. The van der Waals surface area contributed by atoms with Gasteiger partial charge in [0.1, 0.15) is 11.6 Å². The average molecular weight is 433 g/mol. The summed E-state index contributed by atoms with van der Waals surface area (Å²) < 4.78 is 5.69. The number of nitrogens with zero attached hydrogens (tertiary/aromatic N) is 1. The van der Waals surface area contributed by atoms with Crippen molar-refractivity contribution in [1.29, 1.82) is 0 Å². The van der Waals surface area contributed by atoms with E-state index < -0.39 is 0 Å². The van der Waals surface area contributed by atoms with Gasteiger partial charge in [-0.05, 0) is 86.1 Å². The first-order valence-corrected chi connectivity index (χ1v) is 12.2. The largest absolute Gasteiger partial charge is 0.493 e. The van der Waals surface area contributed by atoms with Crippen LogP contribution in [0.1, 0.15) is 65.8 Å². The second-order valence-electron chi connectivity index (χ2n) is 9.64. The fourth-order valence-electron chi connectivity index (χ4n) is 6.05. The summed E-state index contributed by atoms with van der Waals surface area (Å²) >= 11 is 0. The van der Waals surface area contributed by atoms with E-state index in [-0.39, 0.29) is 16.9 Å². The third-order valence-corrected chi connectivity index (χ3v) is 7.97. The third kappa shape index (κ3) is 3.17. The number of aromatic amines is 1. The molecule has 0 spiro atoms. The lowest BCUT2D eigenvalue weighted by atomic mass is 9.49. The van der Waals surface area contributed by atoms with Crippen molar-refractivity contribution in [2.24, 2.45) is 0 Å². The molecule has 3 fully saturated rings. The van der Waals surface area contributed by atoms with Crippen LogP contribution in [0, 0.1) is 0 Å². The Morgan fingerprint density at radius 1 is 1.16 bits per heavy atom. The van der Waals surface area contributed by atoms with Crippen molar-refractivity contribution >= 4 is 26.2 Å². The van der Waals surface area contributed by atoms with Crippen molar-refractivity contribution in [3.8, 4) is 5.75 Å². The standard InChI is InChI=1S/C25H28N3O2P/c29-22(18-5-7-21-17(12-18)3-1-10-30-21)28-25-9-2-8-24(14-25,15-25)23-26-19-6-4-16(13-31)11-20(19)27-23/h4-7,11-12H,1-3,8-10,13-15,31H2,(H,26,27)(H,28,29). The second kappa shape index (κ2) is 7.06. The van der Waals surface area contributed by atoms with Crippen LogP contribution in [0.25, 0.3) is 11.0 Å². The highest BCUT2D eigenvalue weighted by Crippen LogP contribution is 2.58. The van der Waals surface area contributed by atoms with E-state index in [2.05, 4.69) is 37.7 Å². The molecule has 0 saturated heterocycles. The lowest BCUT2D eigenvalue weighted by Gasteiger charge is -2.60. The summed E-state index contributed by atoms with van der Waals surface area (Å²) in [5, 5.41) is 3.41. The van der Waals surface area contributed by atoms with Gasteiger partial charge in [0.2, 0.25) is 0 Å². The van der Waals surface area contributed by atoms with E-state index in [9.17, 15) is 4.79 Å². The first-order chi connectivity index (χ1) is 15.1. The zero-order valence-corrected chi connectivity index (χ0v) is 18.8. The Bertz CT molecular complexity index is 1180. The van der Waals surface area contributed by atoms with E-state index in [0.717, 1.165) is 91.4 Å². The van der Waals surface area contributed by atoms with Crippen LogP contribution in [0.5, 0.6) is 5.75 Å². The number of aromatic nitrogens is 2. The quantitative estimate of drug-likeness (QED) is 0.589. The van der Waals surface area contributed by atoms with E-state index in [1.165, 1.54) is 5.56 Å². The summed E-state index contributed by atoms with van der Waals surface area (Å²) in [6, 6.07) is 12.3. The maximum Gasteiger partial charge on any atom is 0.251 e. The number of benzene rings is 2. The van der Waals surface area contributed by atoms with Crippen molar-refractivity contribution in [2.45, 2.75) is 62.1 Å². The zero-order chi connectivity index (χ0) is 21.1. The number of fused-ring (bicyclic) bond motifs is 4. The Morgan fingerprint density at radius 2 is 2.06 bits per heavy atom. The van der Waals surface area contributed by atoms with E-state index >= 15 is 0 Å². The predicted octanol–water partition coefficient (Wildman–Crippen LogP) is 4.65. The highest BCUT2D eigenvalue weighted by Gasteiger charge is 2.60. The van der Waals surface area contributed by atoms with Crippen molar-refractivity contribution in [3.05, 3.63) is 58.9 Å². The molecule has 1 atom stereocenters. The maximum absolute atomic E-state index is 13.1. The van der Waals surface area contributed by atoms with Crippen molar-refractivity contribution < 1.29 is 9.53 Å². The molecule has 31 heavy (non-hydrogen) atoms. The molecule has 6 heteroatoms. The summed E-state index contributed by atoms with van der Waals surface area (Å²) in [5.74, 6) is 2.06. The van der Waals surface area contributed by atoms with Gasteiger partial charge in [-0.1, -0.05) is 12.5 Å². The number of hydrogen-bond donors (Lipinski definition) is 2. The van der Waals surface area contributed by atoms with Crippen LogP contribution >= 0.6 is 9.24 Å². The molecule has 1 amide bonds. The number of carbonyl (C=O) groups is 1. The lowest BCUT2D eigenvalue weighted by Crippen LogP contribution is -2.66.